The Labute approximate surface area is 143 Å². The molecule has 0 unspecified atom stereocenters. The van der Waals surface area contributed by atoms with E-state index in [0.717, 1.165) is 36.3 Å². The van der Waals surface area contributed by atoms with Crippen LogP contribution in [0.2, 0.25) is 0 Å². The summed E-state index contributed by atoms with van der Waals surface area (Å²) in [5.74, 6) is 1.31. The number of carbonyl (C=O) groups excluding carboxylic acids is 1. The average molecular weight is 324 g/mol. The minimum atomic E-state index is 0.215. The Hall–Kier alpha value is -2.10. The number of ketones is 1. The van der Waals surface area contributed by atoms with Crippen LogP contribution < -0.4 is 10.1 Å². The van der Waals surface area contributed by atoms with E-state index in [0.29, 0.717) is 18.5 Å². The zero-order valence-electron chi connectivity index (χ0n) is 14.1. The van der Waals surface area contributed by atoms with E-state index in [1.807, 2.05) is 18.3 Å². The summed E-state index contributed by atoms with van der Waals surface area (Å²) in [6, 6.07) is 8.83. The Morgan fingerprint density at radius 2 is 1.92 bits per heavy atom. The SMILES string of the molecule is COc1ccc([C@H]2CC(=O)C3=C(C2)N[C@H]2CCCC[C@@H]2N=C3)cc1. The molecule has 3 atom stereocenters. The van der Waals surface area contributed by atoms with E-state index >= 15 is 0 Å². The van der Waals surface area contributed by atoms with Crippen LogP contribution in [0.15, 0.2) is 40.5 Å². The molecule has 0 amide bonds. The van der Waals surface area contributed by atoms with Crippen molar-refractivity contribution in [1.82, 2.24) is 5.32 Å². The molecule has 4 heteroatoms. The summed E-state index contributed by atoms with van der Waals surface area (Å²) in [7, 11) is 1.67. The highest BCUT2D eigenvalue weighted by molar-refractivity contribution is 6.15. The lowest BCUT2D eigenvalue weighted by Crippen LogP contribution is -2.41. The molecule has 126 valence electrons. The van der Waals surface area contributed by atoms with Crippen molar-refractivity contribution < 1.29 is 9.53 Å². The highest BCUT2D eigenvalue weighted by Gasteiger charge is 2.33. The molecular weight excluding hydrogens is 300 g/mol. The summed E-state index contributed by atoms with van der Waals surface area (Å²) >= 11 is 0. The lowest BCUT2D eigenvalue weighted by atomic mass is 9.81. The molecule has 4 nitrogen and oxygen atoms in total. The fourth-order valence-electron chi connectivity index (χ4n) is 4.18. The molecule has 24 heavy (non-hydrogen) atoms. The molecule has 1 saturated carbocycles. The van der Waals surface area contributed by atoms with E-state index in [1.165, 1.54) is 18.4 Å². The third-order valence-electron chi connectivity index (χ3n) is 5.58. The number of benzene rings is 1. The highest BCUT2D eigenvalue weighted by atomic mass is 16.5. The maximum Gasteiger partial charge on any atom is 0.166 e. The standard InChI is InChI=1S/C20H24N2O2/c1-24-15-8-6-13(7-9-15)14-10-19-16(20(23)11-14)12-21-17-4-2-3-5-18(17)22-19/h6-9,12,14,17-18,22H,2-5,10-11H2,1H3/t14-,17+,18+/m1/s1. The number of allylic oxidation sites excluding steroid dienone is 2. The van der Waals surface area contributed by atoms with Gasteiger partial charge in [-0.15, -0.1) is 0 Å². The van der Waals surface area contributed by atoms with Gasteiger partial charge >= 0.3 is 0 Å². The lowest BCUT2D eigenvalue weighted by molar-refractivity contribution is -0.115. The molecule has 1 N–H and O–H groups in total. The molecule has 1 aromatic carbocycles. The number of ether oxygens (including phenoxy) is 1. The van der Waals surface area contributed by atoms with Crippen molar-refractivity contribution in [2.45, 2.75) is 56.5 Å². The van der Waals surface area contributed by atoms with Crippen LogP contribution in [0.5, 0.6) is 5.75 Å². The van der Waals surface area contributed by atoms with Crippen molar-refractivity contribution in [2.24, 2.45) is 4.99 Å². The number of rotatable bonds is 2. The Morgan fingerprint density at radius 3 is 2.71 bits per heavy atom. The fraction of sp³-hybridized carbons (Fsp3) is 0.500. The van der Waals surface area contributed by atoms with Crippen molar-refractivity contribution in [3.05, 3.63) is 41.1 Å². The highest BCUT2D eigenvalue weighted by Crippen LogP contribution is 2.36. The van der Waals surface area contributed by atoms with Crippen LogP contribution in [0.1, 0.15) is 50.0 Å². The maximum absolute atomic E-state index is 12.7. The van der Waals surface area contributed by atoms with Crippen molar-refractivity contribution in [3.8, 4) is 5.75 Å². The molecule has 1 aromatic rings. The van der Waals surface area contributed by atoms with Crippen LogP contribution in [0.3, 0.4) is 0 Å². The van der Waals surface area contributed by atoms with Crippen LogP contribution in [0, 0.1) is 0 Å². The monoisotopic (exact) mass is 324 g/mol. The van der Waals surface area contributed by atoms with E-state index < -0.39 is 0 Å². The second-order valence-electron chi connectivity index (χ2n) is 7.07. The first-order valence-electron chi connectivity index (χ1n) is 8.94. The summed E-state index contributed by atoms with van der Waals surface area (Å²) < 4.78 is 5.23. The quantitative estimate of drug-likeness (QED) is 0.907. The topological polar surface area (TPSA) is 50.7 Å². The van der Waals surface area contributed by atoms with Gasteiger partial charge in [-0.25, -0.2) is 0 Å². The van der Waals surface area contributed by atoms with Gasteiger partial charge in [0.15, 0.2) is 5.78 Å². The molecule has 3 aliphatic rings. The van der Waals surface area contributed by atoms with Gasteiger partial charge in [0, 0.05) is 24.4 Å². The van der Waals surface area contributed by atoms with Crippen LogP contribution in [-0.4, -0.2) is 31.2 Å². The summed E-state index contributed by atoms with van der Waals surface area (Å²) in [6.07, 6.45) is 8.09. The van der Waals surface area contributed by atoms with Gasteiger partial charge in [0.2, 0.25) is 0 Å². The fourth-order valence-corrected chi connectivity index (χ4v) is 4.18. The van der Waals surface area contributed by atoms with Gasteiger partial charge in [-0.3, -0.25) is 9.79 Å². The first-order valence-corrected chi connectivity index (χ1v) is 8.94. The normalized spacial score (nSPS) is 29.4. The predicted octanol–water partition coefficient (Wildman–Crippen LogP) is 3.38. The Bertz CT molecular complexity index is 690. The Balaban J connectivity index is 1.58. The summed E-state index contributed by atoms with van der Waals surface area (Å²) in [5.41, 5.74) is 3.12. The molecule has 1 heterocycles. The second kappa shape index (κ2) is 6.42. The Kier molecular flexibility index (Phi) is 4.13. The second-order valence-corrected chi connectivity index (χ2v) is 7.07. The zero-order chi connectivity index (χ0) is 16.5. The largest absolute Gasteiger partial charge is 0.497 e. The lowest BCUT2D eigenvalue weighted by Gasteiger charge is -2.32. The third-order valence-corrected chi connectivity index (χ3v) is 5.58. The predicted molar refractivity (Wildman–Crippen MR) is 94.7 cm³/mol. The molecule has 1 fully saturated rings. The molecule has 1 aliphatic heterocycles. The summed E-state index contributed by atoms with van der Waals surface area (Å²) in [5, 5.41) is 3.68. The molecule has 0 spiro atoms. The van der Waals surface area contributed by atoms with Gasteiger partial charge in [0.1, 0.15) is 5.75 Å². The van der Waals surface area contributed by atoms with Crippen molar-refractivity contribution in [1.29, 1.82) is 0 Å². The molecule has 2 aliphatic carbocycles. The number of fused-ring (bicyclic) bond motifs is 1. The van der Waals surface area contributed by atoms with E-state index in [-0.39, 0.29) is 11.7 Å². The first-order chi connectivity index (χ1) is 11.7. The minimum Gasteiger partial charge on any atom is -0.497 e. The van der Waals surface area contributed by atoms with Crippen LogP contribution in [0.4, 0.5) is 0 Å². The van der Waals surface area contributed by atoms with Crippen LogP contribution in [-0.2, 0) is 4.79 Å². The molecule has 4 rings (SSSR count). The van der Waals surface area contributed by atoms with Gasteiger partial charge < -0.3 is 10.1 Å². The molecule has 0 saturated heterocycles. The number of nitrogens with one attached hydrogen (secondary N) is 1. The number of methoxy groups -OCH3 is 1. The van der Waals surface area contributed by atoms with Crippen molar-refractivity contribution in [2.75, 3.05) is 7.11 Å². The van der Waals surface area contributed by atoms with Gasteiger partial charge in [-0.1, -0.05) is 25.0 Å². The van der Waals surface area contributed by atoms with E-state index in [4.69, 9.17) is 9.73 Å². The number of Topliss-reactive ketones (excluding diaryl/α,β-unsaturated/α-hetero) is 1. The van der Waals surface area contributed by atoms with Gasteiger partial charge in [0.05, 0.1) is 18.7 Å². The average Bonchev–Trinajstić information content (AvgIpc) is 2.81. The first kappa shape index (κ1) is 15.4. The van der Waals surface area contributed by atoms with Crippen molar-refractivity contribution in [3.63, 3.8) is 0 Å². The van der Waals surface area contributed by atoms with Gasteiger partial charge in [-0.2, -0.15) is 0 Å². The van der Waals surface area contributed by atoms with E-state index in [9.17, 15) is 4.79 Å². The number of carbonyl (C=O) groups is 1. The zero-order valence-corrected chi connectivity index (χ0v) is 14.1. The Morgan fingerprint density at radius 1 is 1.12 bits per heavy atom. The van der Waals surface area contributed by atoms with Crippen LogP contribution >= 0.6 is 0 Å². The molecular formula is C20H24N2O2. The summed E-state index contributed by atoms with van der Waals surface area (Å²) in [4.78, 5) is 17.4. The number of nitrogens with zero attached hydrogens (tertiary/aromatic N) is 1. The van der Waals surface area contributed by atoms with Gasteiger partial charge in [0.25, 0.3) is 0 Å². The maximum atomic E-state index is 12.7. The van der Waals surface area contributed by atoms with Crippen molar-refractivity contribution >= 4 is 12.0 Å². The van der Waals surface area contributed by atoms with E-state index in [1.54, 1.807) is 7.11 Å². The molecule has 0 bridgehead atoms. The third kappa shape index (κ3) is 2.85. The van der Waals surface area contributed by atoms with Gasteiger partial charge in [-0.05, 0) is 42.9 Å². The molecule has 0 radical (unpaired) electrons. The number of hydrogen-bond acceptors (Lipinski definition) is 4. The minimum absolute atomic E-state index is 0.215. The van der Waals surface area contributed by atoms with Crippen LogP contribution in [0.25, 0.3) is 0 Å². The number of aliphatic imine (C=N–C) groups is 1. The summed E-state index contributed by atoms with van der Waals surface area (Å²) in [6.45, 7) is 0. The number of hydrogen-bond donors (Lipinski definition) is 1. The molecule has 0 aromatic heterocycles. The van der Waals surface area contributed by atoms with E-state index in [2.05, 4.69) is 17.4 Å². The smallest absolute Gasteiger partial charge is 0.166 e.